The molecular formula is C11H6BrClN4. The van der Waals surface area contributed by atoms with Crippen molar-refractivity contribution in [1.82, 2.24) is 9.97 Å². The van der Waals surface area contributed by atoms with E-state index < -0.39 is 0 Å². The van der Waals surface area contributed by atoms with Crippen molar-refractivity contribution < 1.29 is 0 Å². The van der Waals surface area contributed by atoms with Gasteiger partial charge in [0, 0.05) is 10.7 Å². The average Bonchev–Trinajstić information content (AvgIpc) is 2.32. The molecule has 1 aromatic carbocycles. The molecule has 0 amide bonds. The van der Waals surface area contributed by atoms with Crippen molar-refractivity contribution in [3.8, 4) is 6.07 Å². The van der Waals surface area contributed by atoms with E-state index in [2.05, 4.69) is 37.3 Å². The minimum Gasteiger partial charge on any atom is -0.339 e. The lowest BCUT2D eigenvalue weighted by Gasteiger charge is -2.07. The molecule has 0 bridgehead atoms. The molecule has 2 aromatic rings. The van der Waals surface area contributed by atoms with Crippen LogP contribution in [0.1, 0.15) is 5.56 Å². The van der Waals surface area contributed by atoms with E-state index in [9.17, 15) is 0 Å². The lowest BCUT2D eigenvalue weighted by molar-refractivity contribution is 1.17. The minimum atomic E-state index is 0.180. The highest BCUT2D eigenvalue weighted by Gasteiger charge is 2.03. The first-order chi connectivity index (χ1) is 8.19. The summed E-state index contributed by atoms with van der Waals surface area (Å²) in [5.74, 6) is 0.593. The number of nitriles is 1. The molecule has 0 spiro atoms. The molecule has 0 radical (unpaired) electrons. The number of anilines is 2. The Kier molecular flexibility index (Phi) is 3.57. The summed E-state index contributed by atoms with van der Waals surface area (Å²) in [6, 6.07) is 9.00. The van der Waals surface area contributed by atoms with Gasteiger partial charge in [0.05, 0.1) is 17.3 Å². The molecule has 0 unspecified atom stereocenters. The SMILES string of the molecule is N#Cc1ccc(Nc2ccnc(Cl)n2)c(Br)c1. The van der Waals surface area contributed by atoms with E-state index in [1.54, 1.807) is 30.5 Å². The molecule has 0 atom stereocenters. The molecule has 84 valence electrons. The number of aromatic nitrogens is 2. The molecule has 1 aromatic heterocycles. The van der Waals surface area contributed by atoms with Crippen molar-refractivity contribution in [1.29, 1.82) is 5.26 Å². The zero-order chi connectivity index (χ0) is 12.3. The number of hydrogen-bond donors (Lipinski definition) is 1. The molecule has 0 saturated heterocycles. The summed E-state index contributed by atoms with van der Waals surface area (Å²) >= 11 is 9.06. The van der Waals surface area contributed by atoms with Gasteiger partial charge in [-0.2, -0.15) is 5.26 Å². The van der Waals surface area contributed by atoms with Crippen LogP contribution in [0.25, 0.3) is 0 Å². The van der Waals surface area contributed by atoms with Crippen molar-refractivity contribution in [2.75, 3.05) is 5.32 Å². The van der Waals surface area contributed by atoms with Crippen LogP contribution in [-0.4, -0.2) is 9.97 Å². The van der Waals surface area contributed by atoms with E-state index in [1.807, 2.05) is 0 Å². The Bertz CT molecular complexity index is 594. The Balaban J connectivity index is 2.28. The predicted octanol–water partition coefficient (Wildman–Crippen LogP) is 3.51. The number of benzene rings is 1. The van der Waals surface area contributed by atoms with Crippen LogP contribution in [-0.2, 0) is 0 Å². The van der Waals surface area contributed by atoms with Crippen LogP contribution < -0.4 is 5.32 Å². The molecule has 1 heterocycles. The Hall–Kier alpha value is -1.64. The second-order valence-electron chi connectivity index (χ2n) is 3.14. The van der Waals surface area contributed by atoms with Crippen LogP contribution in [0.3, 0.4) is 0 Å². The highest BCUT2D eigenvalue weighted by atomic mass is 79.9. The second-order valence-corrected chi connectivity index (χ2v) is 4.33. The first-order valence-electron chi connectivity index (χ1n) is 4.64. The van der Waals surface area contributed by atoms with Gasteiger partial charge in [-0.15, -0.1) is 0 Å². The van der Waals surface area contributed by atoms with Crippen LogP contribution >= 0.6 is 27.5 Å². The maximum atomic E-state index is 8.75. The highest BCUT2D eigenvalue weighted by molar-refractivity contribution is 9.10. The summed E-state index contributed by atoms with van der Waals surface area (Å²) in [5.41, 5.74) is 1.39. The monoisotopic (exact) mass is 308 g/mol. The minimum absolute atomic E-state index is 0.180. The molecule has 6 heteroatoms. The van der Waals surface area contributed by atoms with E-state index >= 15 is 0 Å². The average molecular weight is 310 g/mol. The summed E-state index contributed by atoms with van der Waals surface area (Å²) in [6.07, 6.45) is 1.56. The molecule has 0 aliphatic heterocycles. The lowest BCUT2D eigenvalue weighted by atomic mass is 10.2. The van der Waals surface area contributed by atoms with Crippen LogP contribution in [0.4, 0.5) is 11.5 Å². The zero-order valence-electron chi connectivity index (χ0n) is 8.48. The number of nitrogens with one attached hydrogen (secondary N) is 1. The molecular weight excluding hydrogens is 304 g/mol. The number of halogens is 2. The summed E-state index contributed by atoms with van der Waals surface area (Å²) in [4.78, 5) is 7.80. The van der Waals surface area contributed by atoms with Gasteiger partial charge in [0.25, 0.3) is 0 Å². The molecule has 17 heavy (non-hydrogen) atoms. The van der Waals surface area contributed by atoms with E-state index in [1.165, 1.54) is 0 Å². The largest absolute Gasteiger partial charge is 0.339 e. The van der Waals surface area contributed by atoms with Gasteiger partial charge in [-0.25, -0.2) is 9.97 Å². The smallest absolute Gasteiger partial charge is 0.224 e. The Morgan fingerprint density at radius 3 is 2.82 bits per heavy atom. The molecule has 0 aliphatic carbocycles. The molecule has 1 N–H and O–H groups in total. The number of nitrogens with zero attached hydrogens (tertiary/aromatic N) is 3. The van der Waals surface area contributed by atoms with Gasteiger partial charge in [0.15, 0.2) is 0 Å². The Morgan fingerprint density at radius 1 is 1.35 bits per heavy atom. The summed E-state index contributed by atoms with van der Waals surface area (Å²) in [6.45, 7) is 0. The van der Waals surface area contributed by atoms with Crippen molar-refractivity contribution >= 4 is 39.0 Å². The van der Waals surface area contributed by atoms with Crippen molar-refractivity contribution in [3.05, 3.63) is 45.8 Å². The third kappa shape index (κ3) is 2.93. The quantitative estimate of drug-likeness (QED) is 0.862. The predicted molar refractivity (Wildman–Crippen MR) is 69.2 cm³/mol. The van der Waals surface area contributed by atoms with E-state index in [-0.39, 0.29) is 5.28 Å². The topological polar surface area (TPSA) is 61.6 Å². The molecule has 2 rings (SSSR count). The fourth-order valence-corrected chi connectivity index (χ4v) is 1.85. The van der Waals surface area contributed by atoms with Crippen LogP contribution in [0.5, 0.6) is 0 Å². The van der Waals surface area contributed by atoms with Gasteiger partial charge in [0.1, 0.15) is 5.82 Å². The van der Waals surface area contributed by atoms with E-state index in [0.717, 1.165) is 10.2 Å². The second kappa shape index (κ2) is 5.13. The van der Waals surface area contributed by atoms with Gasteiger partial charge in [0.2, 0.25) is 5.28 Å². The van der Waals surface area contributed by atoms with Crippen molar-refractivity contribution in [2.24, 2.45) is 0 Å². The van der Waals surface area contributed by atoms with Crippen LogP contribution in [0, 0.1) is 11.3 Å². The fraction of sp³-hybridized carbons (Fsp3) is 0. The van der Waals surface area contributed by atoms with Crippen molar-refractivity contribution in [3.63, 3.8) is 0 Å². The van der Waals surface area contributed by atoms with E-state index in [4.69, 9.17) is 16.9 Å². The third-order valence-electron chi connectivity index (χ3n) is 1.99. The first-order valence-corrected chi connectivity index (χ1v) is 5.81. The number of rotatable bonds is 2. The number of hydrogen-bond acceptors (Lipinski definition) is 4. The highest BCUT2D eigenvalue weighted by Crippen LogP contribution is 2.26. The Morgan fingerprint density at radius 2 is 2.18 bits per heavy atom. The zero-order valence-corrected chi connectivity index (χ0v) is 10.8. The van der Waals surface area contributed by atoms with Gasteiger partial charge in [-0.1, -0.05) is 0 Å². The van der Waals surface area contributed by atoms with Gasteiger partial charge in [-0.05, 0) is 51.8 Å². The normalized spacial score (nSPS) is 9.71. The summed E-state index contributed by atoms with van der Waals surface area (Å²) < 4.78 is 0.784. The third-order valence-corrected chi connectivity index (χ3v) is 2.83. The standard InChI is InChI=1S/C11H6BrClN4/c12-8-5-7(6-14)1-2-9(8)16-10-3-4-15-11(13)17-10/h1-5H,(H,15,16,17). The molecule has 4 nitrogen and oxygen atoms in total. The van der Waals surface area contributed by atoms with E-state index in [0.29, 0.717) is 11.4 Å². The fourth-order valence-electron chi connectivity index (χ4n) is 1.23. The van der Waals surface area contributed by atoms with Crippen LogP contribution in [0.2, 0.25) is 5.28 Å². The van der Waals surface area contributed by atoms with Crippen LogP contribution in [0.15, 0.2) is 34.9 Å². The lowest BCUT2D eigenvalue weighted by Crippen LogP contribution is -1.95. The van der Waals surface area contributed by atoms with Gasteiger partial charge in [-0.3, -0.25) is 0 Å². The maximum Gasteiger partial charge on any atom is 0.224 e. The summed E-state index contributed by atoms with van der Waals surface area (Å²) in [5, 5.41) is 12.0. The maximum absolute atomic E-state index is 8.75. The summed E-state index contributed by atoms with van der Waals surface area (Å²) in [7, 11) is 0. The first kappa shape index (κ1) is 11.8. The van der Waals surface area contributed by atoms with Gasteiger partial charge < -0.3 is 5.32 Å². The van der Waals surface area contributed by atoms with Gasteiger partial charge >= 0.3 is 0 Å². The van der Waals surface area contributed by atoms with Crippen molar-refractivity contribution in [2.45, 2.75) is 0 Å². The molecule has 0 aliphatic rings. The molecule has 0 fully saturated rings. The Labute approximate surface area is 111 Å². The molecule has 0 saturated carbocycles.